The number of likely N-dealkylation sites (tertiary alicyclic amines) is 1. The Morgan fingerprint density at radius 2 is 1.79 bits per heavy atom. The van der Waals surface area contributed by atoms with Gasteiger partial charge < -0.3 is 9.64 Å². The topological polar surface area (TPSA) is 60.3 Å². The third-order valence-electron chi connectivity index (χ3n) is 7.16. The second-order valence-corrected chi connectivity index (χ2v) is 10.2. The van der Waals surface area contributed by atoms with Crippen LogP contribution in [0.5, 0.6) is 5.75 Å². The molecule has 2 heterocycles. The number of carbonyl (C=O) groups excluding carboxylic acids is 1. The number of thioether (sulfide) groups is 1. The maximum Gasteiger partial charge on any atom is 0.233 e. The Balaban J connectivity index is 1.43. The minimum atomic E-state index is 0.221. The van der Waals surface area contributed by atoms with Gasteiger partial charge in [0.2, 0.25) is 5.91 Å². The summed E-state index contributed by atoms with van der Waals surface area (Å²) < 4.78 is 7.63. The summed E-state index contributed by atoms with van der Waals surface area (Å²) in [5, 5.41) is 9.77. The zero-order valence-electron chi connectivity index (χ0n) is 19.9. The van der Waals surface area contributed by atoms with Crippen LogP contribution in [0, 0.1) is 12.8 Å². The summed E-state index contributed by atoms with van der Waals surface area (Å²) in [6.45, 7) is 2.96. The largest absolute Gasteiger partial charge is 0.496 e. The molecule has 7 heteroatoms. The van der Waals surface area contributed by atoms with E-state index in [0.717, 1.165) is 41.5 Å². The molecule has 0 N–H and O–H groups in total. The van der Waals surface area contributed by atoms with Crippen LogP contribution in [0.4, 0.5) is 0 Å². The molecule has 1 aromatic heterocycles. The monoisotopic (exact) mass is 476 g/mol. The van der Waals surface area contributed by atoms with Gasteiger partial charge in [0, 0.05) is 18.3 Å². The first-order valence-corrected chi connectivity index (χ1v) is 13.2. The molecule has 1 aliphatic carbocycles. The summed E-state index contributed by atoms with van der Waals surface area (Å²) in [6.07, 6.45) is 7.36. The average Bonchev–Trinajstić information content (AvgIpc) is 3.31. The van der Waals surface area contributed by atoms with Crippen LogP contribution in [0.25, 0.3) is 17.1 Å². The first-order chi connectivity index (χ1) is 16.7. The van der Waals surface area contributed by atoms with E-state index in [1.807, 2.05) is 28.8 Å². The van der Waals surface area contributed by atoms with Gasteiger partial charge in [0.15, 0.2) is 11.0 Å². The third-order valence-corrected chi connectivity index (χ3v) is 8.08. The van der Waals surface area contributed by atoms with Crippen LogP contribution in [0.15, 0.2) is 53.7 Å². The van der Waals surface area contributed by atoms with E-state index in [1.54, 1.807) is 7.11 Å². The summed E-state index contributed by atoms with van der Waals surface area (Å²) in [4.78, 5) is 15.5. The molecule has 1 aliphatic heterocycles. The molecule has 0 spiro atoms. The molecule has 5 rings (SSSR count). The maximum atomic E-state index is 13.3. The highest BCUT2D eigenvalue weighted by Crippen LogP contribution is 2.37. The molecule has 1 saturated carbocycles. The zero-order chi connectivity index (χ0) is 23.5. The lowest BCUT2D eigenvalue weighted by atomic mass is 9.78. The van der Waals surface area contributed by atoms with E-state index in [4.69, 9.17) is 4.74 Å². The zero-order valence-corrected chi connectivity index (χ0v) is 20.8. The number of piperidine rings is 1. The number of benzene rings is 2. The Kier molecular flexibility index (Phi) is 6.90. The quantitative estimate of drug-likeness (QED) is 0.438. The van der Waals surface area contributed by atoms with Crippen molar-refractivity contribution < 1.29 is 9.53 Å². The SMILES string of the molecule is COc1ccccc1-c1nnc(SCC(=O)N2CCCC3CCCCC32)n1-c1ccc(C)cc1. The molecule has 2 atom stereocenters. The Morgan fingerprint density at radius 1 is 1.03 bits per heavy atom. The Hall–Kier alpha value is -2.80. The molecule has 1 amide bonds. The summed E-state index contributed by atoms with van der Waals surface area (Å²) in [5.74, 6) is 2.73. The van der Waals surface area contributed by atoms with Crippen molar-refractivity contribution in [1.82, 2.24) is 19.7 Å². The first kappa shape index (κ1) is 23.0. The van der Waals surface area contributed by atoms with Gasteiger partial charge in [0.1, 0.15) is 5.75 Å². The van der Waals surface area contributed by atoms with Crippen molar-refractivity contribution in [3.8, 4) is 22.8 Å². The number of fused-ring (bicyclic) bond motifs is 1. The fourth-order valence-electron chi connectivity index (χ4n) is 5.44. The van der Waals surface area contributed by atoms with Crippen LogP contribution in [-0.4, -0.2) is 51.0 Å². The number of methoxy groups -OCH3 is 1. The number of rotatable bonds is 6. The van der Waals surface area contributed by atoms with Gasteiger partial charge in [-0.15, -0.1) is 10.2 Å². The highest BCUT2D eigenvalue weighted by molar-refractivity contribution is 7.99. The summed E-state index contributed by atoms with van der Waals surface area (Å²) in [5.41, 5.74) is 3.03. The van der Waals surface area contributed by atoms with Gasteiger partial charge in [0.05, 0.1) is 18.4 Å². The smallest absolute Gasteiger partial charge is 0.233 e. The predicted octanol–water partition coefficient (Wildman–Crippen LogP) is 5.52. The molecule has 0 bridgehead atoms. The Morgan fingerprint density at radius 3 is 2.62 bits per heavy atom. The van der Waals surface area contributed by atoms with E-state index in [1.165, 1.54) is 43.0 Å². The van der Waals surface area contributed by atoms with E-state index in [9.17, 15) is 4.79 Å². The molecule has 3 aromatic rings. The fraction of sp³-hybridized carbons (Fsp3) is 0.444. The van der Waals surface area contributed by atoms with Crippen molar-refractivity contribution in [2.24, 2.45) is 5.92 Å². The molecular formula is C27H32N4O2S. The number of carbonyl (C=O) groups is 1. The van der Waals surface area contributed by atoms with Crippen LogP contribution in [0.3, 0.4) is 0 Å². The van der Waals surface area contributed by atoms with Crippen molar-refractivity contribution in [2.75, 3.05) is 19.4 Å². The number of hydrogen-bond donors (Lipinski definition) is 0. The standard InChI is InChI=1S/C27H32N4O2S/c1-19-13-15-21(16-14-19)31-26(22-10-4-6-12-24(22)33-2)28-29-27(31)34-18-25(32)30-17-7-9-20-8-3-5-11-23(20)30/h4,6,10,12-16,20,23H,3,5,7-9,11,17-18H2,1-2H3. The number of nitrogens with zero attached hydrogens (tertiary/aromatic N) is 4. The third kappa shape index (κ3) is 4.58. The number of aromatic nitrogens is 3. The van der Waals surface area contributed by atoms with Crippen molar-refractivity contribution in [3.05, 3.63) is 54.1 Å². The molecular weight excluding hydrogens is 444 g/mol. The van der Waals surface area contributed by atoms with Crippen molar-refractivity contribution >= 4 is 17.7 Å². The minimum absolute atomic E-state index is 0.221. The van der Waals surface area contributed by atoms with Gasteiger partial charge in [-0.2, -0.15) is 0 Å². The number of ether oxygens (including phenoxy) is 1. The normalized spacial score (nSPS) is 20.1. The predicted molar refractivity (Wildman–Crippen MR) is 136 cm³/mol. The van der Waals surface area contributed by atoms with E-state index in [-0.39, 0.29) is 5.91 Å². The van der Waals surface area contributed by atoms with E-state index in [2.05, 4.69) is 46.3 Å². The van der Waals surface area contributed by atoms with Gasteiger partial charge >= 0.3 is 0 Å². The second-order valence-electron chi connectivity index (χ2n) is 9.31. The minimum Gasteiger partial charge on any atom is -0.496 e. The van der Waals surface area contributed by atoms with Crippen molar-refractivity contribution in [3.63, 3.8) is 0 Å². The first-order valence-electron chi connectivity index (χ1n) is 12.2. The molecule has 2 aliphatic rings. The van der Waals surface area contributed by atoms with Gasteiger partial charge in [-0.3, -0.25) is 9.36 Å². The molecule has 1 saturated heterocycles. The van der Waals surface area contributed by atoms with Crippen LogP contribution >= 0.6 is 11.8 Å². The van der Waals surface area contributed by atoms with E-state index in [0.29, 0.717) is 23.5 Å². The second kappa shape index (κ2) is 10.2. The van der Waals surface area contributed by atoms with Crippen LogP contribution in [-0.2, 0) is 4.79 Å². The van der Waals surface area contributed by atoms with Gasteiger partial charge in [-0.1, -0.05) is 54.4 Å². The Bertz CT molecular complexity index is 1140. The summed E-state index contributed by atoms with van der Waals surface area (Å²) in [7, 11) is 1.66. The molecule has 178 valence electrons. The van der Waals surface area contributed by atoms with Crippen LogP contribution in [0.2, 0.25) is 0 Å². The lowest BCUT2D eigenvalue weighted by molar-refractivity contribution is -0.134. The number of para-hydroxylation sites is 1. The average molecular weight is 477 g/mol. The summed E-state index contributed by atoms with van der Waals surface area (Å²) >= 11 is 1.47. The Labute approximate surface area is 205 Å². The van der Waals surface area contributed by atoms with Gasteiger partial charge in [-0.05, 0) is 62.8 Å². The molecule has 6 nitrogen and oxygen atoms in total. The van der Waals surface area contributed by atoms with E-state index >= 15 is 0 Å². The lowest BCUT2D eigenvalue weighted by Gasteiger charge is -2.44. The number of aryl methyl sites for hydroxylation is 1. The number of amides is 1. The molecule has 2 aromatic carbocycles. The highest BCUT2D eigenvalue weighted by Gasteiger charge is 2.35. The maximum absolute atomic E-state index is 13.3. The highest BCUT2D eigenvalue weighted by atomic mass is 32.2. The lowest BCUT2D eigenvalue weighted by Crippen LogP contribution is -2.50. The van der Waals surface area contributed by atoms with Gasteiger partial charge in [0.25, 0.3) is 0 Å². The van der Waals surface area contributed by atoms with E-state index < -0.39 is 0 Å². The van der Waals surface area contributed by atoms with Crippen molar-refractivity contribution in [1.29, 1.82) is 0 Å². The fourth-order valence-corrected chi connectivity index (χ4v) is 6.28. The summed E-state index contributed by atoms with van der Waals surface area (Å²) in [6, 6.07) is 16.6. The van der Waals surface area contributed by atoms with Crippen LogP contribution in [0.1, 0.15) is 44.1 Å². The molecule has 2 fully saturated rings. The van der Waals surface area contributed by atoms with Crippen LogP contribution < -0.4 is 4.74 Å². The number of hydrogen-bond acceptors (Lipinski definition) is 5. The van der Waals surface area contributed by atoms with Gasteiger partial charge in [-0.25, -0.2) is 0 Å². The molecule has 34 heavy (non-hydrogen) atoms. The molecule has 2 unspecified atom stereocenters. The molecule has 0 radical (unpaired) electrons. The van der Waals surface area contributed by atoms with Crippen molar-refractivity contribution in [2.45, 2.75) is 56.6 Å².